The molecule has 59 heavy (non-hydrogen) atoms. The zero-order valence-electron chi connectivity index (χ0n) is 31.6. The summed E-state index contributed by atoms with van der Waals surface area (Å²) in [5.41, 5.74) is 12.2. The van der Waals surface area contributed by atoms with Crippen molar-refractivity contribution in [2.45, 2.75) is 0 Å². The first-order valence-electron chi connectivity index (χ1n) is 20.2. The minimum Gasteiger partial charge on any atom is -0.309 e. The fourth-order valence-corrected chi connectivity index (χ4v) is 10.4. The first-order valence-corrected chi connectivity index (χ1v) is 20.2. The summed E-state index contributed by atoms with van der Waals surface area (Å²) in [6.07, 6.45) is 0. The van der Waals surface area contributed by atoms with Crippen LogP contribution in [0.1, 0.15) is 0 Å². The molecule has 0 unspecified atom stereocenters. The highest BCUT2D eigenvalue weighted by Gasteiger charge is 2.27. The Labute approximate surface area is 336 Å². The third-order valence-electron chi connectivity index (χ3n) is 12.7. The highest BCUT2D eigenvalue weighted by atomic mass is 15.2. The number of hydrogen-bond acceptors (Lipinski definition) is 2. The second kappa shape index (κ2) is 11.3. The zero-order valence-corrected chi connectivity index (χ0v) is 31.6. The molecule has 0 amide bonds. The summed E-state index contributed by atoms with van der Waals surface area (Å²) >= 11 is 0. The average molecular weight is 750 g/mol. The van der Waals surface area contributed by atoms with E-state index in [0.717, 1.165) is 49.9 Å². The van der Waals surface area contributed by atoms with Gasteiger partial charge in [-0.05, 0) is 65.4 Å². The topological polar surface area (TPSA) is 40.0 Å². The van der Waals surface area contributed by atoms with Crippen molar-refractivity contribution in [2.75, 3.05) is 0 Å². The molecule has 272 valence electrons. The van der Waals surface area contributed by atoms with Gasteiger partial charge in [-0.3, -0.25) is 4.57 Å². The van der Waals surface area contributed by atoms with Gasteiger partial charge in [0.1, 0.15) is 0 Å². The van der Waals surface area contributed by atoms with E-state index < -0.39 is 0 Å². The van der Waals surface area contributed by atoms with Gasteiger partial charge in [0.05, 0.1) is 49.8 Å². The Morgan fingerprint density at radius 3 is 1.80 bits per heavy atom. The Morgan fingerprint density at radius 2 is 0.966 bits per heavy atom. The van der Waals surface area contributed by atoms with Crippen LogP contribution in [-0.2, 0) is 0 Å². The van der Waals surface area contributed by atoms with Gasteiger partial charge in [-0.25, -0.2) is 9.97 Å². The lowest BCUT2D eigenvalue weighted by Crippen LogP contribution is -2.03. The summed E-state index contributed by atoms with van der Waals surface area (Å²) in [6, 6.07) is 67.9. The van der Waals surface area contributed by atoms with Gasteiger partial charge in [0, 0.05) is 59.7 Å². The third-order valence-corrected chi connectivity index (χ3v) is 12.7. The molecule has 0 aliphatic rings. The number of nitrogens with zero attached hydrogens (tertiary/aromatic N) is 5. The Bertz CT molecular complexity index is 4070. The fourth-order valence-electron chi connectivity index (χ4n) is 10.4. The summed E-state index contributed by atoms with van der Waals surface area (Å²) in [6.45, 7) is 0. The molecule has 5 heteroatoms. The Balaban J connectivity index is 1.17. The van der Waals surface area contributed by atoms with Gasteiger partial charge in [0.25, 0.3) is 0 Å². The summed E-state index contributed by atoms with van der Waals surface area (Å²) in [5, 5.41) is 13.2. The monoisotopic (exact) mass is 749 g/mol. The summed E-state index contributed by atoms with van der Waals surface area (Å²) in [5.74, 6) is 0.652. The molecule has 0 saturated carbocycles. The molecule has 0 aliphatic heterocycles. The largest absolute Gasteiger partial charge is 0.309 e. The Morgan fingerprint density at radius 1 is 0.339 bits per heavy atom. The maximum absolute atomic E-state index is 5.71. The van der Waals surface area contributed by atoms with Crippen molar-refractivity contribution in [3.05, 3.63) is 188 Å². The molecule has 0 N–H and O–H groups in total. The van der Waals surface area contributed by atoms with Crippen molar-refractivity contribution in [3.8, 4) is 22.9 Å². The van der Waals surface area contributed by atoms with E-state index in [0.29, 0.717) is 5.95 Å². The molecule has 5 aromatic heterocycles. The molecule has 0 aliphatic carbocycles. The molecule has 0 spiro atoms. The molecule has 0 bridgehead atoms. The van der Waals surface area contributed by atoms with Crippen molar-refractivity contribution in [3.63, 3.8) is 0 Å². The quantitative estimate of drug-likeness (QED) is 0.180. The number of hydrogen-bond donors (Lipinski definition) is 0. The van der Waals surface area contributed by atoms with Crippen molar-refractivity contribution >= 4 is 103 Å². The van der Waals surface area contributed by atoms with Gasteiger partial charge in [-0.2, -0.15) is 0 Å². The number of benzene rings is 9. The number of aromatic nitrogens is 5. The van der Waals surface area contributed by atoms with Gasteiger partial charge in [0.15, 0.2) is 0 Å². The second-order valence-electron chi connectivity index (χ2n) is 15.7. The van der Waals surface area contributed by atoms with E-state index >= 15 is 0 Å². The molecule has 14 aromatic rings. The van der Waals surface area contributed by atoms with Crippen molar-refractivity contribution < 1.29 is 0 Å². The highest BCUT2D eigenvalue weighted by Crippen LogP contribution is 2.48. The summed E-state index contributed by atoms with van der Waals surface area (Å²) in [7, 11) is 0. The van der Waals surface area contributed by atoms with Crippen LogP contribution in [0.5, 0.6) is 0 Å². The lowest BCUT2D eigenvalue weighted by atomic mass is 9.99. The van der Waals surface area contributed by atoms with Crippen molar-refractivity contribution in [1.29, 1.82) is 0 Å². The SMILES string of the molecule is c1ccc(-n2c3ccccc3c3c(-c4nc(-n5c6ccc7ccccc7c6c6c7c8ccccc8n8c9ccccc9c(cc65)c78)nc5ccccc45)cccc32)cc1. The molecule has 0 saturated heterocycles. The van der Waals surface area contributed by atoms with Gasteiger partial charge >= 0.3 is 0 Å². The van der Waals surface area contributed by atoms with E-state index in [4.69, 9.17) is 9.97 Å². The zero-order chi connectivity index (χ0) is 38.3. The third kappa shape index (κ3) is 3.98. The van der Waals surface area contributed by atoms with Crippen LogP contribution < -0.4 is 0 Å². The average Bonchev–Trinajstić information content (AvgIpc) is 4.03. The predicted molar refractivity (Wildman–Crippen MR) is 246 cm³/mol. The van der Waals surface area contributed by atoms with Crippen LogP contribution in [0.4, 0.5) is 0 Å². The van der Waals surface area contributed by atoms with Crippen LogP contribution in [0.3, 0.4) is 0 Å². The van der Waals surface area contributed by atoms with Gasteiger partial charge in [-0.1, -0.05) is 133 Å². The molecule has 9 aromatic carbocycles. The smallest absolute Gasteiger partial charge is 0.235 e. The summed E-state index contributed by atoms with van der Waals surface area (Å²) in [4.78, 5) is 11.2. The Kier molecular flexibility index (Phi) is 5.96. The van der Waals surface area contributed by atoms with Gasteiger partial charge in [0.2, 0.25) is 5.95 Å². The van der Waals surface area contributed by atoms with Crippen molar-refractivity contribution in [2.24, 2.45) is 0 Å². The standard InChI is InChI=1S/C54H31N5/c1-2-16-33(17-3-1)57-43-26-12-8-21-37(43)48-39(23-14-28-45(48)57)52-36-20-6-10-24-41(36)55-54(56-52)59-46-30-29-32-15-4-5-18-34(32)49(46)51-47(59)31-40-35-19-7-11-25-42(35)58-44-27-13-9-22-38(44)50(51)53(40)58/h1-31H. The van der Waals surface area contributed by atoms with Crippen LogP contribution in [0.25, 0.3) is 126 Å². The second-order valence-corrected chi connectivity index (χ2v) is 15.7. The molecular formula is C54H31N5. The van der Waals surface area contributed by atoms with Crippen LogP contribution >= 0.6 is 0 Å². The van der Waals surface area contributed by atoms with Gasteiger partial charge < -0.3 is 8.97 Å². The predicted octanol–water partition coefficient (Wildman–Crippen LogP) is 13.8. The molecule has 5 nitrogen and oxygen atoms in total. The molecule has 14 rings (SSSR count). The minimum absolute atomic E-state index is 0.652. The molecular weight excluding hydrogens is 719 g/mol. The molecule has 0 radical (unpaired) electrons. The van der Waals surface area contributed by atoms with E-state index in [2.05, 4.69) is 202 Å². The van der Waals surface area contributed by atoms with E-state index in [1.807, 2.05) is 0 Å². The fraction of sp³-hybridized carbons (Fsp3) is 0. The lowest BCUT2D eigenvalue weighted by Gasteiger charge is -2.13. The maximum Gasteiger partial charge on any atom is 0.235 e. The van der Waals surface area contributed by atoms with Crippen molar-refractivity contribution in [1.82, 2.24) is 23.5 Å². The normalized spacial score (nSPS) is 12.4. The molecule has 0 atom stereocenters. The Hall–Kier alpha value is -8.02. The van der Waals surface area contributed by atoms with Crippen LogP contribution in [0, 0.1) is 0 Å². The maximum atomic E-state index is 5.71. The van der Waals surface area contributed by atoms with E-state index in [9.17, 15) is 0 Å². The number of fused-ring (bicyclic) bond motifs is 16. The van der Waals surface area contributed by atoms with Crippen LogP contribution in [-0.4, -0.2) is 23.5 Å². The van der Waals surface area contributed by atoms with E-state index in [-0.39, 0.29) is 0 Å². The first kappa shape index (κ1) is 31.1. The van der Waals surface area contributed by atoms with Crippen LogP contribution in [0.15, 0.2) is 188 Å². The van der Waals surface area contributed by atoms with E-state index in [1.165, 1.54) is 70.4 Å². The molecule has 0 fully saturated rings. The van der Waals surface area contributed by atoms with Gasteiger partial charge in [-0.15, -0.1) is 0 Å². The number of para-hydroxylation sites is 5. The van der Waals surface area contributed by atoms with Crippen LogP contribution in [0.2, 0.25) is 0 Å². The molecule has 5 heterocycles. The summed E-state index contributed by atoms with van der Waals surface area (Å²) < 4.78 is 7.18. The lowest BCUT2D eigenvalue weighted by molar-refractivity contribution is 1.02. The van der Waals surface area contributed by atoms with E-state index in [1.54, 1.807) is 0 Å². The minimum atomic E-state index is 0.652. The first-order chi connectivity index (χ1) is 29.3. The number of rotatable bonds is 3. The highest BCUT2D eigenvalue weighted by molar-refractivity contribution is 6.38.